The van der Waals surface area contributed by atoms with Gasteiger partial charge in [0.2, 0.25) is 27.4 Å². The molecule has 1 saturated heterocycles. The fourth-order valence-corrected chi connectivity index (χ4v) is 9.74. The van der Waals surface area contributed by atoms with Gasteiger partial charge in [-0.15, -0.1) is 13.2 Å². The molecule has 3 N–H and O–H groups in total. The number of nitrogens with zero attached hydrogens (tertiary/aromatic N) is 4. The van der Waals surface area contributed by atoms with Gasteiger partial charge in [-0.3, -0.25) is 24.0 Å². The molecule has 64 heavy (non-hydrogen) atoms. The van der Waals surface area contributed by atoms with Crippen molar-refractivity contribution in [2.24, 2.45) is 5.92 Å². The molecule has 0 bridgehead atoms. The first-order valence-electron chi connectivity index (χ1n) is 21.2. The van der Waals surface area contributed by atoms with Crippen molar-refractivity contribution >= 4 is 55.9 Å². The molecule has 0 unspecified atom stereocenters. The molecule has 0 spiro atoms. The number of unbranched alkanes of at least 4 members (excludes halogenated alkanes) is 3. The lowest BCUT2D eigenvalue weighted by molar-refractivity contribution is -0.144. The summed E-state index contributed by atoms with van der Waals surface area (Å²) in [4.78, 5) is 67.8. The molecular weight excluding hydrogens is 858 g/mol. The van der Waals surface area contributed by atoms with Crippen molar-refractivity contribution in [3.05, 3.63) is 79.4 Å². The van der Waals surface area contributed by atoms with Crippen molar-refractivity contribution in [2.75, 3.05) is 6.54 Å². The van der Waals surface area contributed by atoms with E-state index in [2.05, 4.69) is 33.2 Å². The average molecular weight is 909 g/mol. The number of hydrogen-bond acceptors (Lipinski definition) is 10. The highest BCUT2D eigenvalue weighted by Gasteiger charge is 2.62. The number of hydrogen-bond donors (Lipinski definition) is 3. The van der Waals surface area contributed by atoms with Gasteiger partial charge in [-0.2, -0.15) is 18.2 Å². The van der Waals surface area contributed by atoms with Crippen LogP contribution >= 0.6 is 0 Å². The van der Waals surface area contributed by atoms with Crippen LogP contribution in [0.4, 0.5) is 18.0 Å². The number of alkyl halides is 3. The van der Waals surface area contributed by atoms with Gasteiger partial charge in [0, 0.05) is 28.8 Å². The maximum Gasteiger partial charge on any atom is 0.416 e. The number of fused-ring (bicyclic) bond motifs is 3. The molecule has 2 aromatic heterocycles. The van der Waals surface area contributed by atoms with Crippen LogP contribution in [0.25, 0.3) is 33.5 Å². The molecule has 5 atom stereocenters. The first-order valence-corrected chi connectivity index (χ1v) is 22.7. The predicted octanol–water partition coefficient (Wildman–Crippen LogP) is 7.36. The van der Waals surface area contributed by atoms with Crippen LogP contribution in [-0.4, -0.2) is 98.2 Å². The quantitative estimate of drug-likeness (QED) is 0.0706. The number of likely N-dealkylation sites (tertiary alicyclic amines) is 1. The van der Waals surface area contributed by atoms with Crippen LogP contribution in [-0.2, 0) is 30.6 Å². The summed E-state index contributed by atoms with van der Waals surface area (Å²) in [6.07, 6.45) is -0.427. The average Bonchev–Trinajstić information content (AvgIpc) is 4.14. The van der Waals surface area contributed by atoms with E-state index in [-0.39, 0.29) is 54.2 Å². The Balaban J connectivity index is 1.26. The van der Waals surface area contributed by atoms with Crippen LogP contribution in [0, 0.1) is 5.92 Å². The molecule has 2 saturated carbocycles. The lowest BCUT2D eigenvalue weighted by atomic mass is 9.98. The zero-order chi connectivity index (χ0) is 46.4. The highest BCUT2D eigenvalue weighted by atomic mass is 32.2. The summed E-state index contributed by atoms with van der Waals surface area (Å²) in [5.74, 6) is -3.22. The number of sulfonamides is 1. The Bertz CT molecular complexity index is 2590. The number of amides is 4. The van der Waals surface area contributed by atoms with Crippen LogP contribution in [0.2, 0.25) is 0 Å². The summed E-state index contributed by atoms with van der Waals surface area (Å²) in [6, 6.07) is 8.54. The Morgan fingerprint density at radius 2 is 1.75 bits per heavy atom. The molecule has 2 aromatic carbocycles. The number of furan rings is 1. The molecule has 4 amide bonds. The summed E-state index contributed by atoms with van der Waals surface area (Å²) in [5, 5.41) is 13.1. The number of nitrogens with one attached hydrogen (secondary N) is 2. The molecule has 2 aliphatic carbocycles. The Kier molecular flexibility index (Phi) is 12.6. The Morgan fingerprint density at radius 3 is 2.36 bits per heavy atom. The first kappa shape index (κ1) is 46.0. The molecule has 3 fully saturated rings. The summed E-state index contributed by atoms with van der Waals surface area (Å²) >= 11 is 0. The molecular formula is C45H51F3N6O9S. The summed E-state index contributed by atoms with van der Waals surface area (Å²) in [6.45, 7) is 12.2. The van der Waals surface area contributed by atoms with Crippen molar-refractivity contribution < 1.29 is 55.0 Å². The third-order valence-electron chi connectivity index (χ3n) is 11.9. The van der Waals surface area contributed by atoms with Gasteiger partial charge in [0.05, 0.1) is 17.4 Å². The Hall–Kier alpha value is -5.98. The largest absolute Gasteiger partial charge is 0.470 e. The molecule has 15 nitrogen and oxygen atoms in total. The van der Waals surface area contributed by atoms with Gasteiger partial charge in [0.1, 0.15) is 34.8 Å². The summed E-state index contributed by atoms with van der Waals surface area (Å²) in [5.41, 5.74) is -2.63. The number of para-hydroxylation sites is 1. The predicted molar refractivity (Wildman–Crippen MR) is 230 cm³/mol. The van der Waals surface area contributed by atoms with Crippen molar-refractivity contribution in [1.82, 2.24) is 29.8 Å². The van der Waals surface area contributed by atoms with Crippen LogP contribution in [0.3, 0.4) is 0 Å². The SMILES string of the molecule is C=CCCCCC[C@@H](C(=O)N1C[C@H](Oc2nc(-c3ccc(C(F)(F)F)cc3)nc3c2oc2ccccc23)C[C@H]1C(=O)N[C@]1(C(=O)NS(=O)(=O)C2CC2)C[C@H]1C=C)N(C(=O)O)C(C)(C)C. The molecule has 19 heteroatoms. The van der Waals surface area contributed by atoms with Crippen molar-refractivity contribution in [2.45, 2.75) is 119 Å². The second-order valence-corrected chi connectivity index (χ2v) is 19.6. The minimum Gasteiger partial charge on any atom is -0.470 e. The zero-order valence-electron chi connectivity index (χ0n) is 35.7. The second-order valence-electron chi connectivity index (χ2n) is 17.6. The molecule has 3 aliphatic rings. The summed E-state index contributed by atoms with van der Waals surface area (Å²) in [7, 11) is -4.01. The van der Waals surface area contributed by atoms with E-state index in [0.717, 1.165) is 29.9 Å². The van der Waals surface area contributed by atoms with Crippen molar-refractivity contribution in [3.8, 4) is 17.3 Å². The molecule has 4 aromatic rings. The van der Waals surface area contributed by atoms with Crippen molar-refractivity contribution in [3.63, 3.8) is 0 Å². The maximum atomic E-state index is 15.0. The van der Waals surface area contributed by atoms with E-state index in [9.17, 15) is 41.1 Å². The van der Waals surface area contributed by atoms with E-state index in [1.54, 1.807) is 51.1 Å². The topological polar surface area (TPSA) is 201 Å². The van der Waals surface area contributed by atoms with Crippen LogP contribution in [0.5, 0.6) is 5.88 Å². The minimum atomic E-state index is -4.59. The van der Waals surface area contributed by atoms with Gasteiger partial charge in [-0.1, -0.05) is 49.3 Å². The number of rotatable bonds is 17. The number of carboxylic acid groups (broad SMARTS) is 1. The molecule has 3 heterocycles. The van der Waals surface area contributed by atoms with E-state index in [4.69, 9.17) is 9.15 Å². The van der Waals surface area contributed by atoms with E-state index in [1.165, 1.54) is 23.1 Å². The summed E-state index contributed by atoms with van der Waals surface area (Å²) < 4.78 is 81.0. The smallest absolute Gasteiger partial charge is 0.416 e. The third-order valence-corrected chi connectivity index (χ3v) is 13.8. The lowest BCUT2D eigenvalue weighted by Gasteiger charge is -2.41. The highest BCUT2D eigenvalue weighted by molar-refractivity contribution is 7.91. The van der Waals surface area contributed by atoms with E-state index in [1.807, 2.05) is 0 Å². The van der Waals surface area contributed by atoms with Gasteiger partial charge >= 0.3 is 12.3 Å². The van der Waals surface area contributed by atoms with Crippen LogP contribution in [0.15, 0.2) is 78.3 Å². The fraction of sp³-hybridized carbons (Fsp3) is 0.467. The van der Waals surface area contributed by atoms with Gasteiger partial charge in [0.25, 0.3) is 11.8 Å². The monoisotopic (exact) mass is 908 g/mol. The maximum absolute atomic E-state index is 15.0. The zero-order valence-corrected chi connectivity index (χ0v) is 36.5. The lowest BCUT2D eigenvalue weighted by Crippen LogP contribution is -2.60. The Morgan fingerprint density at radius 1 is 1.05 bits per heavy atom. The second kappa shape index (κ2) is 17.5. The number of carbonyl (C=O) groups is 4. The normalized spacial score (nSPS) is 21.6. The third kappa shape index (κ3) is 9.44. The number of allylic oxidation sites excluding steroid dienone is 1. The number of carbonyl (C=O) groups excluding carboxylic acids is 3. The first-order chi connectivity index (χ1) is 30.2. The van der Waals surface area contributed by atoms with E-state index >= 15 is 4.79 Å². The van der Waals surface area contributed by atoms with Gasteiger partial charge in [-0.05, 0) is 83.6 Å². The molecule has 342 valence electrons. The molecule has 7 rings (SSSR count). The highest BCUT2D eigenvalue weighted by Crippen LogP contribution is 2.46. The van der Waals surface area contributed by atoms with Crippen molar-refractivity contribution in [1.29, 1.82) is 0 Å². The van der Waals surface area contributed by atoms with Crippen LogP contribution < -0.4 is 14.8 Å². The fourth-order valence-electron chi connectivity index (χ4n) is 8.38. The number of benzene rings is 2. The van der Waals surface area contributed by atoms with Gasteiger partial charge < -0.3 is 24.5 Å². The van der Waals surface area contributed by atoms with Gasteiger partial charge in [0.15, 0.2) is 5.82 Å². The number of halogens is 3. The van der Waals surface area contributed by atoms with Crippen LogP contribution in [0.1, 0.15) is 84.1 Å². The van der Waals surface area contributed by atoms with E-state index in [0.29, 0.717) is 36.7 Å². The standard InChI is InChI=1S/C45H51F3N6O9S/c1-6-8-9-10-11-15-32(54(42(58)59)43(3,4)5)40(56)53-25-29(23-33(53)38(55)51-44(24-27(44)7-2)41(57)52-64(60,61)30-21-22-30)62-39-36-35(31-14-12-13-16-34(31)63-36)49-37(50-39)26-17-19-28(20-18-26)45(46,47)48/h6-7,12-14,16-20,27,29-30,32-33H,1-2,8-11,15,21-25H2,3-5H3,(H,51,55)(H,52,57)(H,58,59)/t27-,29-,32+,33+,44-/m1/s1. The molecule has 1 aliphatic heterocycles. The Labute approximate surface area is 368 Å². The molecule has 0 radical (unpaired) electrons. The number of ether oxygens (including phenoxy) is 1. The number of aromatic nitrogens is 2. The van der Waals surface area contributed by atoms with E-state index < -0.39 is 86.0 Å². The minimum absolute atomic E-state index is 0.0000925. The van der Waals surface area contributed by atoms with Gasteiger partial charge in [-0.25, -0.2) is 18.2 Å².